The summed E-state index contributed by atoms with van der Waals surface area (Å²) in [4.78, 5) is 10.4. The minimum Gasteiger partial charge on any atom is -0.550 e. The Balaban J connectivity index is 0.00000144. The molecule has 0 unspecified atom stereocenters. The zero-order valence-electron chi connectivity index (χ0n) is 10.4. The van der Waals surface area contributed by atoms with Crippen LogP contribution in [0, 0.1) is 0 Å². The Hall–Kier alpha value is -0.310. The van der Waals surface area contributed by atoms with Gasteiger partial charge in [-0.25, -0.2) is 0 Å². The predicted octanol–water partition coefficient (Wildman–Crippen LogP) is -0.969. The van der Waals surface area contributed by atoms with Gasteiger partial charge in [0.2, 0.25) is 0 Å². The molecule has 0 heterocycles. The van der Waals surface area contributed by atoms with Crippen molar-refractivity contribution in [3.05, 3.63) is 35.4 Å². The Morgan fingerprint density at radius 3 is 2.24 bits per heavy atom. The summed E-state index contributed by atoms with van der Waals surface area (Å²) in [6.07, 6.45) is 6.58. The normalized spacial score (nSPS) is 16.2. The quantitative estimate of drug-likeness (QED) is 0.638. The van der Waals surface area contributed by atoms with Crippen LogP contribution >= 0.6 is 0 Å². The third kappa shape index (κ3) is 4.46. The van der Waals surface area contributed by atoms with Gasteiger partial charge < -0.3 is 9.90 Å². The number of carbonyl (C=O) groups excluding carboxylic acids is 1. The number of carboxylic acids is 1. The van der Waals surface area contributed by atoms with Crippen molar-refractivity contribution in [1.29, 1.82) is 0 Å². The monoisotopic (exact) mass is 240 g/mol. The second-order valence-corrected chi connectivity index (χ2v) is 4.63. The molecule has 86 valence electrons. The number of rotatable bonds is 3. The Labute approximate surface area is 125 Å². The van der Waals surface area contributed by atoms with Crippen molar-refractivity contribution in [2.45, 2.75) is 44.4 Å². The average molecular weight is 240 g/mol. The number of aliphatic carboxylic acids is 1. The predicted molar refractivity (Wildman–Crippen MR) is 61.0 cm³/mol. The Morgan fingerprint density at radius 2 is 1.71 bits per heavy atom. The first-order valence-corrected chi connectivity index (χ1v) is 6.04. The maximum Gasteiger partial charge on any atom is 1.00 e. The molecule has 1 aromatic carbocycles. The fourth-order valence-electron chi connectivity index (χ4n) is 2.51. The maximum absolute atomic E-state index is 10.4. The van der Waals surface area contributed by atoms with Crippen molar-refractivity contribution in [2.24, 2.45) is 0 Å². The minimum absolute atomic E-state index is 0. The maximum atomic E-state index is 10.4. The van der Waals surface area contributed by atoms with Gasteiger partial charge in [0.1, 0.15) is 0 Å². The third-order valence-corrected chi connectivity index (χ3v) is 3.40. The molecular formula is C14H17NaO2. The van der Waals surface area contributed by atoms with E-state index in [1.54, 1.807) is 0 Å². The van der Waals surface area contributed by atoms with Crippen LogP contribution in [-0.4, -0.2) is 5.97 Å². The van der Waals surface area contributed by atoms with E-state index in [9.17, 15) is 9.90 Å². The molecule has 0 aliphatic heterocycles. The molecule has 1 aliphatic carbocycles. The van der Waals surface area contributed by atoms with Crippen molar-refractivity contribution in [3.63, 3.8) is 0 Å². The van der Waals surface area contributed by atoms with Crippen LogP contribution in [0.2, 0.25) is 0 Å². The van der Waals surface area contributed by atoms with Gasteiger partial charge in [0.15, 0.2) is 0 Å². The Morgan fingerprint density at radius 1 is 1.12 bits per heavy atom. The summed E-state index contributed by atoms with van der Waals surface area (Å²) in [5.74, 6) is -0.323. The molecule has 0 spiro atoms. The van der Waals surface area contributed by atoms with E-state index in [0.717, 1.165) is 5.56 Å². The van der Waals surface area contributed by atoms with Crippen LogP contribution in [0.1, 0.15) is 49.1 Å². The summed E-state index contributed by atoms with van der Waals surface area (Å²) in [6.45, 7) is 0. The SMILES string of the molecule is O=C([O-])Cc1ccc(C2CCCCC2)cc1.[Na+]. The molecule has 17 heavy (non-hydrogen) atoms. The van der Waals surface area contributed by atoms with Crippen molar-refractivity contribution in [1.82, 2.24) is 0 Å². The van der Waals surface area contributed by atoms with E-state index in [2.05, 4.69) is 12.1 Å². The standard InChI is InChI=1S/C14H18O2.Na/c15-14(16)10-11-6-8-13(9-7-11)12-4-2-1-3-5-12;/h6-9,12H,1-5,10H2,(H,15,16);/q;+1/p-1. The second kappa shape index (κ2) is 7.20. The molecule has 2 rings (SSSR count). The Kier molecular flexibility index (Phi) is 6.24. The third-order valence-electron chi connectivity index (χ3n) is 3.40. The van der Waals surface area contributed by atoms with Crippen molar-refractivity contribution in [2.75, 3.05) is 0 Å². The van der Waals surface area contributed by atoms with Gasteiger partial charge in [-0.3, -0.25) is 0 Å². The molecule has 0 N–H and O–H groups in total. The summed E-state index contributed by atoms with van der Waals surface area (Å²) in [6, 6.07) is 7.99. The van der Waals surface area contributed by atoms with Gasteiger partial charge in [0.05, 0.1) is 0 Å². The van der Waals surface area contributed by atoms with E-state index < -0.39 is 5.97 Å². The fourth-order valence-corrected chi connectivity index (χ4v) is 2.51. The molecule has 0 bridgehead atoms. The van der Waals surface area contributed by atoms with Gasteiger partial charge in [-0.1, -0.05) is 43.5 Å². The Bertz CT molecular complexity index is 353. The van der Waals surface area contributed by atoms with Crippen LogP contribution < -0.4 is 34.7 Å². The smallest absolute Gasteiger partial charge is 0.550 e. The van der Waals surface area contributed by atoms with Crippen molar-refractivity contribution < 1.29 is 39.5 Å². The molecule has 2 nitrogen and oxygen atoms in total. The first kappa shape index (κ1) is 14.7. The van der Waals surface area contributed by atoms with Gasteiger partial charge in [-0.2, -0.15) is 0 Å². The molecule has 1 aliphatic rings. The average Bonchev–Trinajstić information content (AvgIpc) is 2.30. The van der Waals surface area contributed by atoms with E-state index >= 15 is 0 Å². The summed E-state index contributed by atoms with van der Waals surface area (Å²) in [5, 5.41) is 10.4. The van der Waals surface area contributed by atoms with Crippen LogP contribution in [0.4, 0.5) is 0 Å². The molecule has 0 aromatic heterocycles. The molecule has 3 heteroatoms. The number of carboxylic acid groups (broad SMARTS) is 1. The van der Waals surface area contributed by atoms with E-state index in [1.807, 2.05) is 12.1 Å². The van der Waals surface area contributed by atoms with Gasteiger partial charge in [-0.15, -0.1) is 0 Å². The van der Waals surface area contributed by atoms with E-state index in [0.29, 0.717) is 5.92 Å². The van der Waals surface area contributed by atoms with Crippen LogP contribution in [0.15, 0.2) is 24.3 Å². The first-order chi connectivity index (χ1) is 7.75. The number of hydrogen-bond donors (Lipinski definition) is 0. The van der Waals surface area contributed by atoms with Crippen LogP contribution in [0.25, 0.3) is 0 Å². The molecular weight excluding hydrogens is 223 g/mol. The molecule has 0 radical (unpaired) electrons. The van der Waals surface area contributed by atoms with Gasteiger partial charge in [0, 0.05) is 12.4 Å². The second-order valence-electron chi connectivity index (χ2n) is 4.63. The van der Waals surface area contributed by atoms with Crippen molar-refractivity contribution >= 4 is 5.97 Å². The van der Waals surface area contributed by atoms with E-state index in [4.69, 9.17) is 0 Å². The van der Waals surface area contributed by atoms with Crippen LogP contribution in [0.3, 0.4) is 0 Å². The molecule has 0 atom stereocenters. The minimum atomic E-state index is -1.01. The van der Waals surface area contributed by atoms with Gasteiger partial charge in [-0.05, 0) is 29.9 Å². The summed E-state index contributed by atoms with van der Waals surface area (Å²) < 4.78 is 0. The first-order valence-electron chi connectivity index (χ1n) is 6.04. The molecule has 0 amide bonds. The topological polar surface area (TPSA) is 40.1 Å². The number of carbonyl (C=O) groups is 1. The molecule has 1 saturated carbocycles. The zero-order chi connectivity index (χ0) is 11.4. The van der Waals surface area contributed by atoms with Crippen molar-refractivity contribution in [3.8, 4) is 0 Å². The van der Waals surface area contributed by atoms with E-state index in [-0.39, 0.29) is 36.0 Å². The van der Waals surface area contributed by atoms with Gasteiger partial charge >= 0.3 is 29.6 Å². The molecule has 1 aromatic rings. The summed E-state index contributed by atoms with van der Waals surface area (Å²) >= 11 is 0. The van der Waals surface area contributed by atoms with Crippen LogP contribution in [-0.2, 0) is 11.2 Å². The number of hydrogen-bond acceptors (Lipinski definition) is 2. The molecule has 0 saturated heterocycles. The van der Waals surface area contributed by atoms with E-state index in [1.165, 1.54) is 37.7 Å². The largest absolute Gasteiger partial charge is 1.00 e. The fraction of sp³-hybridized carbons (Fsp3) is 0.500. The number of benzene rings is 1. The summed E-state index contributed by atoms with van der Waals surface area (Å²) in [5.41, 5.74) is 2.20. The van der Waals surface area contributed by atoms with Gasteiger partial charge in [0.25, 0.3) is 0 Å². The van der Waals surface area contributed by atoms with Crippen LogP contribution in [0.5, 0.6) is 0 Å². The zero-order valence-corrected chi connectivity index (χ0v) is 12.4. The summed E-state index contributed by atoms with van der Waals surface area (Å²) in [7, 11) is 0. The molecule has 1 fully saturated rings.